The molecule has 0 radical (unpaired) electrons. The number of hydrogen-bond acceptors (Lipinski definition) is 5. The summed E-state index contributed by atoms with van der Waals surface area (Å²) in [6, 6.07) is 1.99. The molecule has 142 valence electrons. The fraction of sp³-hybridized carbons (Fsp3) is 0.389. The molecule has 0 aromatic carbocycles. The molecule has 3 rings (SSSR count). The van der Waals surface area contributed by atoms with E-state index >= 15 is 0 Å². The number of rotatable bonds is 8. The molecule has 0 fully saturated rings. The minimum Gasteiger partial charge on any atom is -0.370 e. The number of amides is 1. The van der Waals surface area contributed by atoms with E-state index in [1.165, 1.54) is 11.8 Å². The number of hydrogen-bond donors (Lipinski definition) is 2. The fourth-order valence-corrected chi connectivity index (χ4v) is 3.55. The lowest BCUT2D eigenvalue weighted by Crippen LogP contribution is -2.27. The Kier molecular flexibility index (Phi) is 6.85. The van der Waals surface area contributed by atoms with Crippen LogP contribution >= 0.6 is 23.4 Å². The first-order valence-electron chi connectivity index (χ1n) is 9.00. The van der Waals surface area contributed by atoms with Gasteiger partial charge in [0.05, 0.1) is 11.4 Å². The van der Waals surface area contributed by atoms with Crippen molar-refractivity contribution < 1.29 is 4.79 Å². The maximum atomic E-state index is 11.5. The number of allylic oxidation sites excluding steroid dienone is 4. The van der Waals surface area contributed by atoms with E-state index in [4.69, 9.17) is 16.6 Å². The van der Waals surface area contributed by atoms with E-state index in [0.29, 0.717) is 12.3 Å². The quantitative estimate of drug-likeness (QED) is 0.517. The molecule has 1 amide bonds. The van der Waals surface area contributed by atoms with Gasteiger partial charge in [0, 0.05) is 36.0 Å². The lowest BCUT2D eigenvalue weighted by Gasteiger charge is -2.14. The Morgan fingerprint density at radius 1 is 1.44 bits per heavy atom. The van der Waals surface area contributed by atoms with Crippen molar-refractivity contribution in [3.8, 4) is 0 Å². The van der Waals surface area contributed by atoms with E-state index < -0.39 is 0 Å². The first kappa shape index (κ1) is 19.8. The summed E-state index contributed by atoms with van der Waals surface area (Å²) in [5.74, 6) is 1.44. The van der Waals surface area contributed by atoms with Gasteiger partial charge >= 0.3 is 0 Å². The third-order valence-corrected chi connectivity index (χ3v) is 5.23. The molecule has 2 aromatic rings. The number of anilines is 1. The van der Waals surface area contributed by atoms with Gasteiger partial charge in [-0.05, 0) is 31.0 Å². The molecule has 1 aliphatic carbocycles. The lowest BCUT2D eigenvalue weighted by molar-refractivity contribution is -0.118. The molecule has 2 heterocycles. The van der Waals surface area contributed by atoms with Crippen LogP contribution in [0.4, 0.5) is 5.82 Å². The average molecular weight is 404 g/mol. The van der Waals surface area contributed by atoms with Crippen LogP contribution in [0.15, 0.2) is 29.4 Å². The second-order valence-electron chi connectivity index (χ2n) is 6.41. The predicted molar refractivity (Wildman–Crippen MR) is 117 cm³/mol. The smallest absolute Gasteiger partial charge is 0.229 e. The minimum absolute atomic E-state index is 0.0736. The number of aromatic nitrogens is 3. The molecule has 0 unspecified atom stereocenters. The SMILES string of the molecule is Bc1cnn2c(NCCCNC(=O)CSC)cc(C3=C(Cl)CCC=C3)nc12. The van der Waals surface area contributed by atoms with Gasteiger partial charge in [-0.15, -0.1) is 0 Å². The topological polar surface area (TPSA) is 71.3 Å². The number of nitrogens with zero attached hydrogens (tertiary/aromatic N) is 3. The van der Waals surface area contributed by atoms with Gasteiger partial charge in [0.1, 0.15) is 13.7 Å². The number of nitrogens with one attached hydrogen (secondary N) is 2. The van der Waals surface area contributed by atoms with Crippen molar-refractivity contribution in [1.29, 1.82) is 0 Å². The van der Waals surface area contributed by atoms with E-state index in [2.05, 4.69) is 21.8 Å². The summed E-state index contributed by atoms with van der Waals surface area (Å²) < 4.78 is 1.81. The largest absolute Gasteiger partial charge is 0.370 e. The van der Waals surface area contributed by atoms with Crippen molar-refractivity contribution >= 4 is 59.6 Å². The summed E-state index contributed by atoms with van der Waals surface area (Å²) in [6.45, 7) is 1.37. The maximum Gasteiger partial charge on any atom is 0.229 e. The summed E-state index contributed by atoms with van der Waals surface area (Å²) in [4.78, 5) is 16.3. The van der Waals surface area contributed by atoms with Crippen molar-refractivity contribution in [2.75, 3.05) is 30.4 Å². The van der Waals surface area contributed by atoms with Crippen LogP contribution in [0.3, 0.4) is 0 Å². The fourth-order valence-electron chi connectivity index (χ4n) is 2.91. The van der Waals surface area contributed by atoms with Gasteiger partial charge in [-0.1, -0.05) is 23.8 Å². The molecule has 0 saturated carbocycles. The normalized spacial score (nSPS) is 14.0. The van der Waals surface area contributed by atoms with Gasteiger partial charge < -0.3 is 10.6 Å². The highest BCUT2D eigenvalue weighted by atomic mass is 35.5. The molecule has 0 spiro atoms. The van der Waals surface area contributed by atoms with Crippen LogP contribution in [0.1, 0.15) is 25.0 Å². The van der Waals surface area contributed by atoms with Crippen LogP contribution < -0.4 is 16.1 Å². The number of fused-ring (bicyclic) bond motifs is 1. The molecule has 2 aromatic heterocycles. The van der Waals surface area contributed by atoms with Gasteiger partial charge in [-0.2, -0.15) is 21.4 Å². The van der Waals surface area contributed by atoms with Crippen LogP contribution in [0, 0.1) is 0 Å². The van der Waals surface area contributed by atoms with Gasteiger partial charge in [0.25, 0.3) is 0 Å². The first-order valence-corrected chi connectivity index (χ1v) is 10.8. The second-order valence-corrected chi connectivity index (χ2v) is 7.73. The summed E-state index contributed by atoms with van der Waals surface area (Å²) in [5, 5.41) is 11.6. The van der Waals surface area contributed by atoms with E-state index in [0.717, 1.165) is 59.0 Å². The third kappa shape index (κ3) is 4.87. The zero-order chi connectivity index (χ0) is 19.2. The Bertz CT molecular complexity index is 895. The van der Waals surface area contributed by atoms with Gasteiger partial charge in [0.15, 0.2) is 5.65 Å². The maximum absolute atomic E-state index is 11.5. The molecule has 2 N–H and O–H groups in total. The molecule has 6 nitrogen and oxygen atoms in total. The van der Waals surface area contributed by atoms with Crippen LogP contribution in [-0.2, 0) is 4.79 Å². The summed E-state index contributed by atoms with van der Waals surface area (Å²) >= 11 is 7.96. The summed E-state index contributed by atoms with van der Waals surface area (Å²) in [5.41, 5.74) is 3.65. The molecule has 27 heavy (non-hydrogen) atoms. The molecular weight excluding hydrogens is 381 g/mol. The van der Waals surface area contributed by atoms with Gasteiger partial charge in [0.2, 0.25) is 5.91 Å². The zero-order valence-electron chi connectivity index (χ0n) is 15.6. The van der Waals surface area contributed by atoms with Crippen molar-refractivity contribution in [1.82, 2.24) is 19.9 Å². The van der Waals surface area contributed by atoms with Crippen LogP contribution in [0.25, 0.3) is 11.2 Å². The second kappa shape index (κ2) is 9.33. The molecule has 0 aliphatic heterocycles. The highest BCUT2D eigenvalue weighted by molar-refractivity contribution is 7.99. The number of halogens is 1. The molecule has 9 heteroatoms. The molecule has 0 saturated heterocycles. The van der Waals surface area contributed by atoms with E-state index in [9.17, 15) is 4.79 Å². The molecule has 0 bridgehead atoms. The highest BCUT2D eigenvalue weighted by Crippen LogP contribution is 2.30. The number of thioether (sulfide) groups is 1. The van der Waals surface area contributed by atoms with Crippen molar-refractivity contribution in [3.05, 3.63) is 35.1 Å². The number of carbonyl (C=O) groups excluding carboxylic acids is 1. The van der Waals surface area contributed by atoms with Crippen LogP contribution in [-0.4, -0.2) is 53.4 Å². The van der Waals surface area contributed by atoms with Crippen molar-refractivity contribution in [2.24, 2.45) is 0 Å². The monoisotopic (exact) mass is 403 g/mol. The average Bonchev–Trinajstić information content (AvgIpc) is 3.03. The Morgan fingerprint density at radius 3 is 3.07 bits per heavy atom. The van der Waals surface area contributed by atoms with Crippen molar-refractivity contribution in [3.63, 3.8) is 0 Å². The minimum atomic E-state index is 0.0736. The highest BCUT2D eigenvalue weighted by Gasteiger charge is 2.14. The van der Waals surface area contributed by atoms with Crippen LogP contribution in [0.2, 0.25) is 0 Å². The Morgan fingerprint density at radius 2 is 2.30 bits per heavy atom. The summed E-state index contributed by atoms with van der Waals surface area (Å²) in [6.07, 6.45) is 10.5. The standard InChI is InChI=1S/C18H23BClN5OS/c1-27-11-17(26)22-8-4-7-21-16-9-15(12-5-2-3-6-14(12)20)24-18-13(19)10-23-25(16)18/h2,5,9-10,21H,3-4,6-8,11,19H2,1H3,(H,22,26). The van der Waals surface area contributed by atoms with Gasteiger partial charge in [-0.3, -0.25) is 4.79 Å². The molecular formula is C18H23BClN5OS. The Balaban J connectivity index is 1.74. The van der Waals surface area contributed by atoms with Crippen molar-refractivity contribution in [2.45, 2.75) is 19.3 Å². The lowest BCUT2D eigenvalue weighted by atomic mass is 10.00. The predicted octanol–water partition coefficient (Wildman–Crippen LogP) is 1.57. The van der Waals surface area contributed by atoms with E-state index in [1.54, 1.807) is 0 Å². The third-order valence-electron chi connectivity index (χ3n) is 4.29. The molecule has 0 atom stereocenters. The first-order chi connectivity index (χ1) is 13.1. The van der Waals surface area contributed by atoms with Crippen LogP contribution in [0.5, 0.6) is 0 Å². The van der Waals surface area contributed by atoms with E-state index in [-0.39, 0.29) is 5.91 Å². The van der Waals surface area contributed by atoms with Gasteiger partial charge in [-0.25, -0.2) is 4.98 Å². The zero-order valence-corrected chi connectivity index (χ0v) is 17.2. The molecule has 1 aliphatic rings. The Hall–Kier alpha value is -1.93. The summed E-state index contributed by atoms with van der Waals surface area (Å²) in [7, 11) is 2.00. The number of carbonyl (C=O) groups is 1. The van der Waals surface area contributed by atoms with E-state index in [1.807, 2.05) is 37.0 Å². The Labute approximate surface area is 169 Å².